The van der Waals surface area contributed by atoms with E-state index in [1.165, 1.54) is 0 Å². The summed E-state index contributed by atoms with van der Waals surface area (Å²) in [6.45, 7) is 1.31. The minimum absolute atomic E-state index is 0.157. The van der Waals surface area contributed by atoms with Gasteiger partial charge in [-0.05, 0) is 25.4 Å². The van der Waals surface area contributed by atoms with Gasteiger partial charge < -0.3 is 19.5 Å². The highest BCUT2D eigenvalue weighted by Crippen LogP contribution is 2.41. The lowest BCUT2D eigenvalue weighted by Gasteiger charge is -2.42. The van der Waals surface area contributed by atoms with E-state index in [0.717, 1.165) is 22.0 Å². The van der Waals surface area contributed by atoms with Gasteiger partial charge in [0.25, 0.3) is 0 Å². The van der Waals surface area contributed by atoms with E-state index in [0.29, 0.717) is 13.2 Å². The van der Waals surface area contributed by atoms with Gasteiger partial charge in [-0.25, -0.2) is 0 Å². The predicted molar refractivity (Wildman–Crippen MR) is 72.9 cm³/mol. The van der Waals surface area contributed by atoms with Crippen molar-refractivity contribution in [3.63, 3.8) is 0 Å². The molecule has 0 radical (unpaired) electrons. The molecule has 0 saturated carbocycles. The standard InChI is InChI=1S/C13H19NO3S/c1-14-13(7-17-8-13)9-5-11(16-3)12(18-4)6-10(9)15-2/h5-6,14H,7-8H2,1-4H3. The Morgan fingerprint density at radius 1 is 1.22 bits per heavy atom. The van der Waals surface area contributed by atoms with Crippen molar-refractivity contribution in [2.45, 2.75) is 10.4 Å². The molecule has 0 aromatic heterocycles. The molecule has 1 saturated heterocycles. The van der Waals surface area contributed by atoms with Gasteiger partial charge in [0.2, 0.25) is 0 Å². The van der Waals surface area contributed by atoms with Gasteiger partial charge in [0.05, 0.1) is 37.9 Å². The second-order valence-corrected chi connectivity index (χ2v) is 5.08. The van der Waals surface area contributed by atoms with Gasteiger partial charge in [0, 0.05) is 5.56 Å². The average Bonchev–Trinajstić information content (AvgIpc) is 2.37. The first-order valence-electron chi connectivity index (χ1n) is 5.78. The summed E-state index contributed by atoms with van der Waals surface area (Å²) in [5.74, 6) is 1.75. The average molecular weight is 269 g/mol. The highest BCUT2D eigenvalue weighted by molar-refractivity contribution is 7.98. The van der Waals surface area contributed by atoms with Crippen LogP contribution in [0.25, 0.3) is 0 Å². The van der Waals surface area contributed by atoms with Crippen LogP contribution in [0.2, 0.25) is 0 Å². The molecule has 1 fully saturated rings. The largest absolute Gasteiger partial charge is 0.496 e. The molecule has 4 nitrogen and oxygen atoms in total. The second-order valence-electron chi connectivity index (χ2n) is 4.23. The molecule has 1 aromatic carbocycles. The van der Waals surface area contributed by atoms with Crippen LogP contribution in [0.15, 0.2) is 17.0 Å². The van der Waals surface area contributed by atoms with Crippen LogP contribution in [-0.4, -0.2) is 40.7 Å². The van der Waals surface area contributed by atoms with Crippen LogP contribution in [0.3, 0.4) is 0 Å². The molecule has 1 aromatic rings. The Balaban J connectivity index is 2.51. The topological polar surface area (TPSA) is 39.7 Å². The number of thioether (sulfide) groups is 1. The number of hydrogen-bond donors (Lipinski definition) is 1. The Bertz CT molecular complexity index is 427. The lowest BCUT2D eigenvalue weighted by Crippen LogP contribution is -2.56. The lowest BCUT2D eigenvalue weighted by molar-refractivity contribution is -0.0757. The molecule has 0 amide bonds. The van der Waals surface area contributed by atoms with E-state index >= 15 is 0 Å². The van der Waals surface area contributed by atoms with Crippen LogP contribution in [0.4, 0.5) is 0 Å². The molecular formula is C13H19NO3S. The Morgan fingerprint density at radius 3 is 2.28 bits per heavy atom. The third-order valence-electron chi connectivity index (χ3n) is 3.40. The number of methoxy groups -OCH3 is 2. The Hall–Kier alpha value is -0.910. The normalized spacial score (nSPS) is 17.1. The first kappa shape index (κ1) is 13.5. The number of ether oxygens (including phenoxy) is 3. The van der Waals surface area contributed by atoms with Gasteiger partial charge >= 0.3 is 0 Å². The van der Waals surface area contributed by atoms with E-state index in [-0.39, 0.29) is 5.54 Å². The zero-order valence-corrected chi connectivity index (χ0v) is 12.0. The second kappa shape index (κ2) is 5.38. The predicted octanol–water partition coefficient (Wildman–Crippen LogP) is 1.87. The monoisotopic (exact) mass is 269 g/mol. The summed E-state index contributed by atoms with van der Waals surface area (Å²) in [6.07, 6.45) is 2.03. The van der Waals surface area contributed by atoms with Gasteiger partial charge in [-0.3, -0.25) is 0 Å². The zero-order chi connectivity index (χ0) is 13.2. The molecule has 2 rings (SSSR count). The van der Waals surface area contributed by atoms with Crippen molar-refractivity contribution in [2.75, 3.05) is 40.7 Å². The van der Waals surface area contributed by atoms with Crippen LogP contribution in [-0.2, 0) is 10.3 Å². The zero-order valence-electron chi connectivity index (χ0n) is 11.2. The van der Waals surface area contributed by atoms with Crippen molar-refractivity contribution >= 4 is 11.8 Å². The molecule has 1 N–H and O–H groups in total. The van der Waals surface area contributed by atoms with E-state index < -0.39 is 0 Å². The van der Waals surface area contributed by atoms with Crippen molar-refractivity contribution in [2.24, 2.45) is 0 Å². The first-order valence-corrected chi connectivity index (χ1v) is 7.00. The summed E-state index contributed by atoms with van der Waals surface area (Å²) in [5, 5.41) is 3.33. The van der Waals surface area contributed by atoms with E-state index in [4.69, 9.17) is 14.2 Å². The number of nitrogens with one attached hydrogen (secondary N) is 1. The Labute approximate surface area is 112 Å². The quantitative estimate of drug-likeness (QED) is 0.826. The Morgan fingerprint density at radius 2 is 1.89 bits per heavy atom. The van der Waals surface area contributed by atoms with E-state index in [9.17, 15) is 0 Å². The summed E-state index contributed by atoms with van der Waals surface area (Å²) in [7, 11) is 5.32. The molecule has 1 heterocycles. The SMILES string of the molecule is CNC1(c2cc(OC)c(SC)cc2OC)COC1. The fourth-order valence-electron chi connectivity index (χ4n) is 2.14. The lowest BCUT2D eigenvalue weighted by atomic mass is 9.87. The van der Waals surface area contributed by atoms with Crippen molar-refractivity contribution < 1.29 is 14.2 Å². The fraction of sp³-hybridized carbons (Fsp3) is 0.538. The summed E-state index contributed by atoms with van der Waals surface area (Å²) in [5.41, 5.74) is 0.934. The van der Waals surface area contributed by atoms with Crippen molar-refractivity contribution in [1.29, 1.82) is 0 Å². The molecule has 0 aliphatic carbocycles. The third-order valence-corrected chi connectivity index (χ3v) is 4.16. The third kappa shape index (κ3) is 2.06. The summed E-state index contributed by atoms with van der Waals surface area (Å²) in [4.78, 5) is 1.07. The maximum atomic E-state index is 5.51. The fourth-order valence-corrected chi connectivity index (χ4v) is 2.71. The molecule has 0 atom stereocenters. The maximum absolute atomic E-state index is 5.51. The smallest absolute Gasteiger partial charge is 0.133 e. The van der Waals surface area contributed by atoms with E-state index in [2.05, 4.69) is 5.32 Å². The molecule has 18 heavy (non-hydrogen) atoms. The number of likely N-dealkylation sites (N-methyl/N-ethyl adjacent to an activating group) is 1. The van der Waals surface area contributed by atoms with Gasteiger partial charge in [0.1, 0.15) is 11.5 Å². The molecule has 0 spiro atoms. The maximum Gasteiger partial charge on any atom is 0.133 e. The summed E-state index contributed by atoms with van der Waals surface area (Å²) < 4.78 is 16.3. The molecule has 100 valence electrons. The Kier molecular flexibility index (Phi) is 4.04. The number of rotatable bonds is 5. The minimum atomic E-state index is -0.157. The van der Waals surface area contributed by atoms with Crippen LogP contribution in [0, 0.1) is 0 Å². The van der Waals surface area contributed by atoms with Crippen LogP contribution in [0.1, 0.15) is 5.56 Å². The highest BCUT2D eigenvalue weighted by atomic mass is 32.2. The molecule has 1 aliphatic heterocycles. The summed E-state index contributed by atoms with van der Waals surface area (Å²) in [6, 6.07) is 4.07. The summed E-state index contributed by atoms with van der Waals surface area (Å²) >= 11 is 1.65. The van der Waals surface area contributed by atoms with E-state index in [1.54, 1.807) is 26.0 Å². The van der Waals surface area contributed by atoms with Gasteiger partial charge in [-0.2, -0.15) is 0 Å². The van der Waals surface area contributed by atoms with Crippen molar-refractivity contribution in [1.82, 2.24) is 5.32 Å². The minimum Gasteiger partial charge on any atom is -0.496 e. The highest BCUT2D eigenvalue weighted by Gasteiger charge is 2.41. The molecule has 5 heteroatoms. The molecule has 1 aliphatic rings. The van der Waals surface area contributed by atoms with Crippen LogP contribution < -0.4 is 14.8 Å². The number of hydrogen-bond acceptors (Lipinski definition) is 5. The number of benzene rings is 1. The molecule has 0 bridgehead atoms. The van der Waals surface area contributed by atoms with Gasteiger partial charge in [0.15, 0.2) is 0 Å². The van der Waals surface area contributed by atoms with Gasteiger partial charge in [-0.15, -0.1) is 11.8 Å². The van der Waals surface area contributed by atoms with Crippen LogP contribution in [0.5, 0.6) is 11.5 Å². The van der Waals surface area contributed by atoms with Crippen molar-refractivity contribution in [3.05, 3.63) is 17.7 Å². The molecule has 0 unspecified atom stereocenters. The van der Waals surface area contributed by atoms with E-state index in [1.807, 2.05) is 25.4 Å². The first-order chi connectivity index (χ1) is 8.70. The van der Waals surface area contributed by atoms with Crippen LogP contribution >= 0.6 is 11.8 Å². The van der Waals surface area contributed by atoms with Gasteiger partial charge in [-0.1, -0.05) is 0 Å². The van der Waals surface area contributed by atoms with Crippen molar-refractivity contribution in [3.8, 4) is 11.5 Å². The molecular weight excluding hydrogens is 250 g/mol.